The maximum Gasteiger partial charge on any atom is 0.0237 e. The Hall–Kier alpha value is -0.570. The van der Waals surface area contributed by atoms with Crippen LogP contribution in [0.15, 0.2) is 18.2 Å². The molecule has 0 unspecified atom stereocenters. The Labute approximate surface area is 111 Å². The van der Waals surface area contributed by atoms with Crippen molar-refractivity contribution in [3.8, 4) is 0 Å². The minimum absolute atomic E-state index is 0. The molecule has 0 saturated carbocycles. The van der Waals surface area contributed by atoms with Crippen LogP contribution in [0.1, 0.15) is 23.6 Å². The molecule has 1 heterocycles. The van der Waals surface area contributed by atoms with E-state index < -0.39 is 0 Å². The summed E-state index contributed by atoms with van der Waals surface area (Å²) in [6.07, 6.45) is 0. The van der Waals surface area contributed by atoms with Crippen molar-refractivity contribution in [2.24, 2.45) is 0 Å². The van der Waals surface area contributed by atoms with Gasteiger partial charge in [0.05, 0.1) is 0 Å². The highest BCUT2D eigenvalue weighted by Crippen LogP contribution is 2.14. The Morgan fingerprint density at radius 3 is 2.71 bits per heavy atom. The SMILES string of the molecule is Cc1ccc(CN2CCNC[C@@H]2C)cc1C.Cl. The number of hydrogen-bond donors (Lipinski definition) is 1. The van der Waals surface area contributed by atoms with E-state index in [1.54, 1.807) is 0 Å². The van der Waals surface area contributed by atoms with Crippen LogP contribution in [0.5, 0.6) is 0 Å². The molecule has 17 heavy (non-hydrogen) atoms. The second kappa shape index (κ2) is 6.39. The van der Waals surface area contributed by atoms with Crippen molar-refractivity contribution in [3.63, 3.8) is 0 Å². The summed E-state index contributed by atoms with van der Waals surface area (Å²) in [7, 11) is 0. The molecule has 1 aromatic rings. The first-order valence-electron chi connectivity index (χ1n) is 6.17. The molecular weight excluding hydrogens is 232 g/mol. The molecule has 0 aromatic heterocycles. The number of nitrogens with zero attached hydrogens (tertiary/aromatic N) is 1. The Balaban J connectivity index is 0.00000144. The predicted molar refractivity (Wildman–Crippen MR) is 75.9 cm³/mol. The third-order valence-corrected chi connectivity index (χ3v) is 3.60. The van der Waals surface area contributed by atoms with Crippen LogP contribution in [0.4, 0.5) is 0 Å². The number of nitrogens with one attached hydrogen (secondary N) is 1. The molecule has 1 saturated heterocycles. The van der Waals surface area contributed by atoms with Gasteiger partial charge >= 0.3 is 0 Å². The van der Waals surface area contributed by atoms with Gasteiger partial charge in [-0.3, -0.25) is 4.90 Å². The lowest BCUT2D eigenvalue weighted by Gasteiger charge is -2.34. The fourth-order valence-corrected chi connectivity index (χ4v) is 2.25. The highest BCUT2D eigenvalue weighted by molar-refractivity contribution is 5.85. The quantitative estimate of drug-likeness (QED) is 0.873. The fraction of sp³-hybridized carbons (Fsp3) is 0.571. The molecule has 1 aliphatic rings. The van der Waals surface area contributed by atoms with Crippen molar-refractivity contribution in [2.75, 3.05) is 19.6 Å². The Morgan fingerprint density at radius 1 is 1.29 bits per heavy atom. The topological polar surface area (TPSA) is 15.3 Å². The van der Waals surface area contributed by atoms with Crippen LogP contribution in [0, 0.1) is 13.8 Å². The molecule has 1 fully saturated rings. The van der Waals surface area contributed by atoms with E-state index >= 15 is 0 Å². The normalized spacial score (nSPS) is 21.0. The first-order valence-corrected chi connectivity index (χ1v) is 6.17. The number of rotatable bonds is 2. The van der Waals surface area contributed by atoms with Gasteiger partial charge in [-0.2, -0.15) is 0 Å². The first-order chi connectivity index (χ1) is 7.66. The average Bonchev–Trinajstić information content (AvgIpc) is 2.27. The molecule has 1 aromatic carbocycles. The number of piperazine rings is 1. The van der Waals surface area contributed by atoms with Crippen LogP contribution in [0.25, 0.3) is 0 Å². The summed E-state index contributed by atoms with van der Waals surface area (Å²) >= 11 is 0. The van der Waals surface area contributed by atoms with Gasteiger partial charge in [-0.05, 0) is 37.5 Å². The highest BCUT2D eigenvalue weighted by Gasteiger charge is 2.17. The van der Waals surface area contributed by atoms with Gasteiger partial charge in [0.1, 0.15) is 0 Å². The van der Waals surface area contributed by atoms with Crippen molar-refractivity contribution in [1.29, 1.82) is 0 Å². The van der Waals surface area contributed by atoms with Gasteiger partial charge < -0.3 is 5.32 Å². The lowest BCUT2D eigenvalue weighted by molar-refractivity contribution is 0.165. The van der Waals surface area contributed by atoms with Crippen molar-refractivity contribution in [3.05, 3.63) is 34.9 Å². The zero-order valence-electron chi connectivity index (χ0n) is 11.0. The van der Waals surface area contributed by atoms with Crippen molar-refractivity contribution in [2.45, 2.75) is 33.4 Å². The van der Waals surface area contributed by atoms with Gasteiger partial charge in [-0.25, -0.2) is 0 Å². The molecule has 0 amide bonds. The Bertz CT molecular complexity index is 365. The average molecular weight is 255 g/mol. The molecule has 0 spiro atoms. The summed E-state index contributed by atoms with van der Waals surface area (Å²) in [6, 6.07) is 7.47. The Kier molecular flexibility index (Phi) is 5.44. The van der Waals surface area contributed by atoms with E-state index in [4.69, 9.17) is 0 Å². The lowest BCUT2D eigenvalue weighted by atomic mass is 10.1. The Morgan fingerprint density at radius 2 is 2.06 bits per heavy atom. The molecule has 1 aliphatic heterocycles. The summed E-state index contributed by atoms with van der Waals surface area (Å²) in [4.78, 5) is 2.56. The highest BCUT2D eigenvalue weighted by atomic mass is 35.5. The van der Waals surface area contributed by atoms with Gasteiger partial charge in [0.15, 0.2) is 0 Å². The smallest absolute Gasteiger partial charge is 0.0237 e. The minimum atomic E-state index is 0. The largest absolute Gasteiger partial charge is 0.314 e. The van der Waals surface area contributed by atoms with E-state index in [1.165, 1.54) is 16.7 Å². The molecule has 1 atom stereocenters. The van der Waals surface area contributed by atoms with Crippen LogP contribution in [-0.2, 0) is 6.54 Å². The number of halogens is 1. The molecule has 3 heteroatoms. The van der Waals surface area contributed by atoms with Gasteiger partial charge in [0.25, 0.3) is 0 Å². The molecule has 0 aliphatic carbocycles. The van der Waals surface area contributed by atoms with Gasteiger partial charge in [-0.1, -0.05) is 18.2 Å². The third-order valence-electron chi connectivity index (χ3n) is 3.60. The molecule has 96 valence electrons. The summed E-state index contributed by atoms with van der Waals surface area (Å²) in [6.45, 7) is 11.2. The first kappa shape index (κ1) is 14.5. The second-order valence-electron chi connectivity index (χ2n) is 4.94. The van der Waals surface area contributed by atoms with Crippen LogP contribution < -0.4 is 5.32 Å². The van der Waals surface area contributed by atoms with Crippen molar-refractivity contribution < 1.29 is 0 Å². The van der Waals surface area contributed by atoms with Crippen LogP contribution in [0.2, 0.25) is 0 Å². The second-order valence-corrected chi connectivity index (χ2v) is 4.94. The predicted octanol–water partition coefficient (Wildman–Crippen LogP) is 2.52. The molecule has 1 N–H and O–H groups in total. The van der Waals surface area contributed by atoms with Crippen molar-refractivity contribution in [1.82, 2.24) is 10.2 Å². The van der Waals surface area contributed by atoms with E-state index in [-0.39, 0.29) is 12.4 Å². The molecule has 2 rings (SSSR count). The van der Waals surface area contributed by atoms with Crippen LogP contribution >= 0.6 is 12.4 Å². The molecule has 0 bridgehead atoms. The standard InChI is InChI=1S/C14H22N2.ClH/c1-11-4-5-14(8-12(11)2)10-16-7-6-15-9-13(16)3;/h4-5,8,13,15H,6-7,9-10H2,1-3H3;1H/t13-;/m0./s1. The molecule has 2 nitrogen and oxygen atoms in total. The maximum atomic E-state index is 3.43. The lowest BCUT2D eigenvalue weighted by Crippen LogP contribution is -2.49. The maximum absolute atomic E-state index is 3.43. The molecular formula is C14H23ClN2. The number of hydrogen-bond acceptors (Lipinski definition) is 2. The number of aryl methyl sites for hydroxylation is 2. The zero-order valence-corrected chi connectivity index (χ0v) is 11.8. The summed E-state index contributed by atoms with van der Waals surface area (Å²) in [5, 5.41) is 3.43. The minimum Gasteiger partial charge on any atom is -0.314 e. The monoisotopic (exact) mass is 254 g/mol. The van der Waals surface area contributed by atoms with Gasteiger partial charge in [-0.15, -0.1) is 12.4 Å². The van der Waals surface area contributed by atoms with E-state index in [1.807, 2.05) is 0 Å². The zero-order chi connectivity index (χ0) is 11.5. The number of benzene rings is 1. The van der Waals surface area contributed by atoms with Crippen LogP contribution in [0.3, 0.4) is 0 Å². The van der Waals surface area contributed by atoms with E-state index in [0.29, 0.717) is 6.04 Å². The summed E-state index contributed by atoms with van der Waals surface area (Å²) < 4.78 is 0. The van der Waals surface area contributed by atoms with Gasteiger partial charge in [0, 0.05) is 32.2 Å². The van der Waals surface area contributed by atoms with E-state index in [0.717, 1.165) is 26.2 Å². The van der Waals surface area contributed by atoms with E-state index in [2.05, 4.69) is 49.2 Å². The summed E-state index contributed by atoms with van der Waals surface area (Å²) in [5.41, 5.74) is 4.23. The van der Waals surface area contributed by atoms with E-state index in [9.17, 15) is 0 Å². The van der Waals surface area contributed by atoms with Crippen LogP contribution in [-0.4, -0.2) is 30.6 Å². The third kappa shape index (κ3) is 3.70. The van der Waals surface area contributed by atoms with Crippen molar-refractivity contribution >= 4 is 12.4 Å². The van der Waals surface area contributed by atoms with Gasteiger partial charge in [0.2, 0.25) is 0 Å². The fourth-order valence-electron chi connectivity index (χ4n) is 2.25. The summed E-state index contributed by atoms with van der Waals surface area (Å²) in [5.74, 6) is 0. The molecule has 0 radical (unpaired) electrons.